The molecule has 0 radical (unpaired) electrons. The van der Waals surface area contributed by atoms with Gasteiger partial charge in [-0.25, -0.2) is 14.7 Å². The molecule has 0 aromatic carbocycles. The Morgan fingerprint density at radius 3 is 2.79 bits per heavy atom. The van der Waals surface area contributed by atoms with E-state index in [0.29, 0.717) is 37.1 Å². The topological polar surface area (TPSA) is 121 Å². The Kier molecular flexibility index (Phi) is 5.14. The van der Waals surface area contributed by atoms with Gasteiger partial charge < -0.3 is 19.4 Å². The highest BCUT2D eigenvalue weighted by atomic mass is 16.6. The van der Waals surface area contributed by atoms with Crippen LogP contribution in [-0.4, -0.2) is 61.7 Å². The number of rotatable bonds is 5. The van der Waals surface area contributed by atoms with Gasteiger partial charge in [-0.3, -0.25) is 5.21 Å². The summed E-state index contributed by atoms with van der Waals surface area (Å²) >= 11 is 0. The summed E-state index contributed by atoms with van der Waals surface area (Å²) in [6.45, 7) is 6.03. The number of hydrogen-bond acceptors (Lipinski definition) is 7. The Bertz CT molecular complexity index is 769. The molecular formula is C19H29N5O5. The maximum atomic E-state index is 12.1. The maximum absolute atomic E-state index is 12.1. The van der Waals surface area contributed by atoms with Crippen LogP contribution in [0.2, 0.25) is 0 Å². The zero-order chi connectivity index (χ0) is 20.8. The zero-order valence-corrected chi connectivity index (χ0v) is 17.1. The summed E-state index contributed by atoms with van der Waals surface area (Å²) in [6, 6.07) is -0.633. The first-order valence-corrected chi connectivity index (χ1v) is 10.3. The van der Waals surface area contributed by atoms with Crippen LogP contribution in [0.3, 0.4) is 0 Å². The lowest BCUT2D eigenvalue weighted by molar-refractivity contribution is -0.0584. The van der Waals surface area contributed by atoms with Crippen LogP contribution < -0.4 is 5.32 Å². The van der Waals surface area contributed by atoms with E-state index >= 15 is 0 Å². The van der Waals surface area contributed by atoms with Crippen LogP contribution in [0.25, 0.3) is 0 Å². The lowest BCUT2D eigenvalue weighted by Gasteiger charge is -2.36. The molecule has 0 spiro atoms. The molecule has 3 aliphatic rings. The smallest absolute Gasteiger partial charge is 0.407 e. The van der Waals surface area contributed by atoms with Crippen molar-refractivity contribution in [3.8, 4) is 0 Å². The average molecular weight is 407 g/mol. The van der Waals surface area contributed by atoms with Crippen LogP contribution in [0.4, 0.5) is 9.59 Å². The maximum Gasteiger partial charge on any atom is 0.407 e. The number of nitrogens with one attached hydrogen (secondary N) is 1. The molecule has 10 nitrogen and oxygen atoms in total. The van der Waals surface area contributed by atoms with E-state index < -0.39 is 11.6 Å². The van der Waals surface area contributed by atoms with Crippen LogP contribution in [0.15, 0.2) is 4.42 Å². The monoisotopic (exact) mass is 407 g/mol. The van der Waals surface area contributed by atoms with Crippen LogP contribution in [0.1, 0.15) is 70.7 Å². The number of hydroxylamine groups is 2. The molecule has 2 saturated heterocycles. The minimum absolute atomic E-state index is 0.137. The fourth-order valence-electron chi connectivity index (χ4n) is 4.30. The molecule has 3 heterocycles. The fourth-order valence-corrected chi connectivity index (χ4v) is 4.30. The second-order valence-corrected chi connectivity index (χ2v) is 9.28. The largest absolute Gasteiger partial charge is 0.444 e. The van der Waals surface area contributed by atoms with E-state index in [2.05, 4.69) is 15.5 Å². The third-order valence-corrected chi connectivity index (χ3v) is 5.84. The molecule has 1 aliphatic carbocycles. The molecule has 3 fully saturated rings. The van der Waals surface area contributed by atoms with Crippen molar-refractivity contribution in [2.45, 2.75) is 83.0 Å². The Balaban J connectivity index is 1.21. The molecule has 1 aromatic rings. The average Bonchev–Trinajstić information content (AvgIpc) is 3.16. The van der Waals surface area contributed by atoms with Crippen molar-refractivity contribution < 1.29 is 24.0 Å². The van der Waals surface area contributed by atoms with Gasteiger partial charge in [-0.2, -0.15) is 0 Å². The second-order valence-electron chi connectivity index (χ2n) is 9.28. The minimum Gasteiger partial charge on any atom is -0.444 e. The molecule has 1 saturated carbocycles. The number of alkyl carbamates (subject to hydrolysis) is 1. The SMILES string of the molecule is CC(C)(C)OC(=O)NC1CC(CCc2nnc([C@@H]3CC[C@@H]4CN3C(=O)N4O)o2)C1. The van der Waals surface area contributed by atoms with Crippen molar-refractivity contribution in [1.29, 1.82) is 0 Å². The molecule has 2 aliphatic heterocycles. The first-order chi connectivity index (χ1) is 13.7. The molecular weight excluding hydrogens is 378 g/mol. The summed E-state index contributed by atoms with van der Waals surface area (Å²) in [5.74, 6) is 1.52. The predicted octanol–water partition coefficient (Wildman–Crippen LogP) is 2.64. The van der Waals surface area contributed by atoms with Gasteiger partial charge in [0.05, 0.1) is 6.04 Å². The second kappa shape index (κ2) is 7.47. The molecule has 160 valence electrons. The number of hydrogen-bond donors (Lipinski definition) is 2. The summed E-state index contributed by atoms with van der Waals surface area (Å²) in [7, 11) is 0. The quantitative estimate of drug-likeness (QED) is 0.720. The lowest BCUT2D eigenvalue weighted by atomic mass is 9.77. The normalized spacial score (nSPS) is 29.0. The number of ether oxygens (including phenoxy) is 1. The summed E-state index contributed by atoms with van der Waals surface area (Å²) in [4.78, 5) is 25.5. The Hall–Kier alpha value is -2.36. The van der Waals surface area contributed by atoms with Gasteiger partial charge in [0.2, 0.25) is 11.8 Å². The highest BCUT2D eigenvalue weighted by molar-refractivity contribution is 5.76. The molecule has 0 unspecified atom stereocenters. The molecule has 29 heavy (non-hydrogen) atoms. The van der Waals surface area contributed by atoms with E-state index in [4.69, 9.17) is 9.15 Å². The van der Waals surface area contributed by atoms with Gasteiger partial charge in [0.15, 0.2) is 0 Å². The number of amides is 3. The number of aryl methyl sites for hydroxylation is 1. The van der Waals surface area contributed by atoms with Gasteiger partial charge in [-0.1, -0.05) is 0 Å². The highest BCUT2D eigenvalue weighted by Gasteiger charge is 2.46. The van der Waals surface area contributed by atoms with Gasteiger partial charge in [0.25, 0.3) is 0 Å². The van der Waals surface area contributed by atoms with Crippen LogP contribution >= 0.6 is 0 Å². The fraction of sp³-hybridized carbons (Fsp3) is 0.789. The number of fused-ring (bicyclic) bond motifs is 2. The van der Waals surface area contributed by atoms with E-state index in [0.717, 1.165) is 30.7 Å². The Labute approximate surface area is 169 Å². The lowest BCUT2D eigenvalue weighted by Crippen LogP contribution is -2.46. The number of carbonyl (C=O) groups is 2. The van der Waals surface area contributed by atoms with Crippen molar-refractivity contribution in [2.75, 3.05) is 6.54 Å². The molecule has 1 aromatic heterocycles. The van der Waals surface area contributed by atoms with Crippen molar-refractivity contribution in [2.24, 2.45) is 5.92 Å². The van der Waals surface area contributed by atoms with Crippen LogP contribution in [0.5, 0.6) is 0 Å². The van der Waals surface area contributed by atoms with Crippen LogP contribution in [0, 0.1) is 5.92 Å². The molecule has 2 atom stereocenters. The first-order valence-electron chi connectivity index (χ1n) is 10.3. The number of carbonyl (C=O) groups excluding carboxylic acids is 2. The van der Waals surface area contributed by atoms with Gasteiger partial charge in [0.1, 0.15) is 11.6 Å². The van der Waals surface area contributed by atoms with Crippen molar-refractivity contribution >= 4 is 12.1 Å². The summed E-state index contributed by atoms with van der Waals surface area (Å²) in [6.07, 6.45) is 4.47. The first kappa shape index (κ1) is 19.9. The van der Waals surface area contributed by atoms with E-state index in [1.54, 1.807) is 4.90 Å². The summed E-state index contributed by atoms with van der Waals surface area (Å²) in [5, 5.41) is 21.8. The van der Waals surface area contributed by atoms with Gasteiger partial charge in [-0.15, -0.1) is 10.2 Å². The van der Waals surface area contributed by atoms with Gasteiger partial charge in [0, 0.05) is 19.0 Å². The summed E-state index contributed by atoms with van der Waals surface area (Å²) < 4.78 is 11.1. The predicted molar refractivity (Wildman–Crippen MR) is 100.0 cm³/mol. The van der Waals surface area contributed by atoms with E-state index in [1.807, 2.05) is 20.8 Å². The third-order valence-electron chi connectivity index (χ3n) is 5.84. The summed E-state index contributed by atoms with van der Waals surface area (Å²) in [5.41, 5.74) is -0.489. The van der Waals surface area contributed by atoms with Crippen molar-refractivity contribution in [3.63, 3.8) is 0 Å². The molecule has 3 amide bonds. The highest BCUT2D eigenvalue weighted by Crippen LogP contribution is 2.37. The Morgan fingerprint density at radius 1 is 1.31 bits per heavy atom. The van der Waals surface area contributed by atoms with Gasteiger partial charge in [-0.05, 0) is 58.8 Å². The number of aromatic nitrogens is 2. The van der Waals surface area contributed by atoms with Gasteiger partial charge >= 0.3 is 12.1 Å². The van der Waals surface area contributed by atoms with Crippen LogP contribution in [-0.2, 0) is 11.2 Å². The number of nitrogens with zero attached hydrogens (tertiary/aromatic N) is 4. The van der Waals surface area contributed by atoms with Crippen molar-refractivity contribution in [1.82, 2.24) is 25.5 Å². The van der Waals surface area contributed by atoms with E-state index in [1.165, 1.54) is 0 Å². The number of piperidine rings is 1. The standard InChI is InChI=1S/C19H29N5O5/c1-19(2,3)29-17(25)20-12-8-11(9-12)4-7-15-21-22-16(28-15)14-6-5-13-10-23(14)18(26)24(13)27/h11-14,27H,4-10H2,1-3H3,(H,20,25)/t11?,12?,13-,14+/m1/s1. The van der Waals surface area contributed by atoms with E-state index in [-0.39, 0.29) is 24.2 Å². The third kappa shape index (κ3) is 4.31. The molecule has 2 N–H and O–H groups in total. The zero-order valence-electron chi connectivity index (χ0n) is 17.1. The molecule has 4 rings (SSSR count). The Morgan fingerprint density at radius 2 is 2.07 bits per heavy atom. The molecule has 2 bridgehead atoms. The van der Waals surface area contributed by atoms with E-state index in [9.17, 15) is 14.8 Å². The molecule has 10 heteroatoms. The van der Waals surface area contributed by atoms with Crippen molar-refractivity contribution in [3.05, 3.63) is 11.8 Å². The minimum atomic E-state index is -0.489. The number of urea groups is 1.